The molecule has 8 heteroatoms. The maximum atomic E-state index is 5.51. The Hall–Kier alpha value is -1.26. The molecule has 0 bridgehead atoms. The molecule has 29 heavy (non-hydrogen) atoms. The Kier molecular flexibility index (Phi) is 12.3. The van der Waals surface area contributed by atoms with Gasteiger partial charge in [0.2, 0.25) is 0 Å². The second-order valence-corrected chi connectivity index (χ2v) is 7.42. The summed E-state index contributed by atoms with van der Waals surface area (Å²) in [6, 6.07) is 6.31. The number of ether oxygens (including phenoxy) is 3. The first-order chi connectivity index (χ1) is 13.6. The molecule has 1 heterocycles. The quantitative estimate of drug-likeness (QED) is 0.297. The number of halogens is 1. The molecule has 1 aromatic carbocycles. The van der Waals surface area contributed by atoms with Gasteiger partial charge in [-0.3, -0.25) is 9.89 Å². The first-order valence-electron chi connectivity index (χ1n) is 10.0. The van der Waals surface area contributed by atoms with Gasteiger partial charge >= 0.3 is 0 Å². The number of nitrogens with one attached hydrogen (secondary N) is 2. The second kappa shape index (κ2) is 13.9. The van der Waals surface area contributed by atoms with E-state index in [9.17, 15) is 0 Å². The number of rotatable bonds is 9. The minimum atomic E-state index is 0. The van der Waals surface area contributed by atoms with E-state index in [1.807, 2.05) is 18.2 Å². The minimum absolute atomic E-state index is 0. The molecule has 0 spiro atoms. The van der Waals surface area contributed by atoms with Gasteiger partial charge in [-0.2, -0.15) is 0 Å². The van der Waals surface area contributed by atoms with Crippen molar-refractivity contribution >= 4 is 29.9 Å². The molecule has 1 saturated heterocycles. The van der Waals surface area contributed by atoms with Crippen molar-refractivity contribution in [2.45, 2.75) is 32.9 Å². The first kappa shape index (κ1) is 25.8. The van der Waals surface area contributed by atoms with Gasteiger partial charge in [0, 0.05) is 50.9 Å². The predicted molar refractivity (Wildman–Crippen MR) is 129 cm³/mol. The van der Waals surface area contributed by atoms with Gasteiger partial charge < -0.3 is 24.8 Å². The van der Waals surface area contributed by atoms with Crippen molar-refractivity contribution < 1.29 is 14.2 Å². The van der Waals surface area contributed by atoms with Crippen LogP contribution in [-0.4, -0.2) is 71.0 Å². The monoisotopic (exact) mass is 520 g/mol. The van der Waals surface area contributed by atoms with E-state index in [1.54, 1.807) is 21.3 Å². The topological polar surface area (TPSA) is 67.4 Å². The van der Waals surface area contributed by atoms with Crippen LogP contribution < -0.4 is 20.1 Å². The zero-order valence-electron chi connectivity index (χ0n) is 18.4. The summed E-state index contributed by atoms with van der Waals surface area (Å²) in [5.74, 6) is 3.02. The summed E-state index contributed by atoms with van der Waals surface area (Å²) in [4.78, 5) is 6.90. The maximum Gasteiger partial charge on any atom is 0.191 e. The van der Waals surface area contributed by atoms with Crippen LogP contribution in [0.1, 0.15) is 25.8 Å². The van der Waals surface area contributed by atoms with Gasteiger partial charge in [0.1, 0.15) is 11.5 Å². The molecule has 0 saturated carbocycles. The Morgan fingerprint density at radius 2 is 1.90 bits per heavy atom. The Bertz CT molecular complexity index is 622. The number of methoxy groups -OCH3 is 2. The van der Waals surface area contributed by atoms with Crippen LogP contribution in [0.5, 0.6) is 11.5 Å². The Morgan fingerprint density at radius 1 is 1.17 bits per heavy atom. The second-order valence-electron chi connectivity index (χ2n) is 7.42. The summed E-state index contributed by atoms with van der Waals surface area (Å²) in [6.07, 6.45) is 1.15. The molecule has 0 aromatic heterocycles. The zero-order valence-corrected chi connectivity index (χ0v) is 20.7. The average molecular weight is 520 g/mol. The van der Waals surface area contributed by atoms with Crippen molar-refractivity contribution in [1.82, 2.24) is 15.5 Å². The van der Waals surface area contributed by atoms with Crippen molar-refractivity contribution in [3.63, 3.8) is 0 Å². The Morgan fingerprint density at radius 3 is 2.48 bits per heavy atom. The smallest absolute Gasteiger partial charge is 0.191 e. The summed E-state index contributed by atoms with van der Waals surface area (Å²) in [5.41, 5.74) is 1.05. The highest BCUT2D eigenvalue weighted by molar-refractivity contribution is 14.0. The third-order valence-electron chi connectivity index (χ3n) is 4.97. The van der Waals surface area contributed by atoms with Gasteiger partial charge in [-0.1, -0.05) is 13.8 Å². The molecule has 1 unspecified atom stereocenters. The van der Waals surface area contributed by atoms with Crippen molar-refractivity contribution in [2.24, 2.45) is 10.9 Å². The number of hydrogen-bond donors (Lipinski definition) is 2. The van der Waals surface area contributed by atoms with E-state index in [4.69, 9.17) is 14.2 Å². The largest absolute Gasteiger partial charge is 0.497 e. The van der Waals surface area contributed by atoms with Gasteiger partial charge in [0.25, 0.3) is 0 Å². The molecule has 1 atom stereocenters. The third-order valence-corrected chi connectivity index (χ3v) is 4.97. The highest BCUT2D eigenvalue weighted by Crippen LogP contribution is 2.24. The molecule has 0 amide bonds. The number of morpholine rings is 1. The molecule has 1 aromatic rings. The van der Waals surface area contributed by atoms with Crippen LogP contribution in [0, 0.1) is 5.92 Å². The summed E-state index contributed by atoms with van der Waals surface area (Å²) in [7, 11) is 5.12. The van der Waals surface area contributed by atoms with E-state index in [0.717, 1.165) is 62.3 Å². The summed E-state index contributed by atoms with van der Waals surface area (Å²) >= 11 is 0. The van der Waals surface area contributed by atoms with Crippen molar-refractivity contribution in [2.75, 3.05) is 54.1 Å². The number of guanidine groups is 1. The van der Waals surface area contributed by atoms with Crippen molar-refractivity contribution in [1.29, 1.82) is 0 Å². The Balaban J connectivity index is 0.00000420. The normalized spacial score (nSPS) is 16.1. The van der Waals surface area contributed by atoms with Crippen LogP contribution in [0.2, 0.25) is 0 Å². The van der Waals surface area contributed by atoms with Crippen molar-refractivity contribution in [3.05, 3.63) is 23.8 Å². The third kappa shape index (κ3) is 8.55. The molecule has 166 valence electrons. The highest BCUT2D eigenvalue weighted by Gasteiger charge is 2.22. The van der Waals surface area contributed by atoms with Gasteiger partial charge in [-0.25, -0.2) is 0 Å². The highest BCUT2D eigenvalue weighted by atomic mass is 127. The number of benzene rings is 1. The number of nitrogens with zero attached hydrogens (tertiary/aromatic N) is 2. The molecular weight excluding hydrogens is 483 g/mol. The standard InChI is InChI=1S/C21H36N4O3.HI/c1-16(2)12-18(25-8-10-28-11-9-25)15-24-21(22-3)23-14-17-6-7-19(26-4)13-20(17)27-5;/h6-7,13,16,18H,8-12,14-15H2,1-5H3,(H2,22,23,24);1H. The van der Waals surface area contributed by atoms with Crippen LogP contribution >= 0.6 is 24.0 Å². The zero-order chi connectivity index (χ0) is 20.4. The lowest BCUT2D eigenvalue weighted by atomic mass is 10.0. The minimum Gasteiger partial charge on any atom is -0.497 e. The lowest BCUT2D eigenvalue weighted by Gasteiger charge is -2.35. The van der Waals surface area contributed by atoms with Crippen LogP contribution in [0.4, 0.5) is 0 Å². The summed E-state index contributed by atoms with van der Waals surface area (Å²) in [6.45, 7) is 9.66. The average Bonchev–Trinajstić information content (AvgIpc) is 2.73. The number of hydrogen-bond acceptors (Lipinski definition) is 5. The van der Waals surface area contributed by atoms with E-state index in [-0.39, 0.29) is 24.0 Å². The van der Waals surface area contributed by atoms with Gasteiger partial charge in [0.15, 0.2) is 5.96 Å². The van der Waals surface area contributed by atoms with Gasteiger partial charge in [-0.15, -0.1) is 24.0 Å². The van der Waals surface area contributed by atoms with Crippen LogP contribution in [-0.2, 0) is 11.3 Å². The van der Waals surface area contributed by atoms with E-state index in [1.165, 1.54) is 0 Å². The molecule has 1 aliphatic heterocycles. The fourth-order valence-electron chi connectivity index (χ4n) is 3.46. The van der Waals surface area contributed by atoms with Crippen LogP contribution in [0.25, 0.3) is 0 Å². The molecule has 1 aliphatic rings. The molecule has 0 radical (unpaired) electrons. The van der Waals surface area contributed by atoms with Gasteiger partial charge in [-0.05, 0) is 24.5 Å². The lowest BCUT2D eigenvalue weighted by molar-refractivity contribution is 0.0132. The Labute approximate surface area is 192 Å². The molecule has 1 fully saturated rings. The molecule has 2 rings (SSSR count). The maximum absolute atomic E-state index is 5.51. The fraction of sp³-hybridized carbons (Fsp3) is 0.667. The molecule has 2 N–H and O–H groups in total. The van der Waals surface area contributed by atoms with Crippen LogP contribution in [0.3, 0.4) is 0 Å². The molecular formula is C21H37IN4O3. The van der Waals surface area contributed by atoms with Crippen molar-refractivity contribution in [3.8, 4) is 11.5 Å². The lowest BCUT2D eigenvalue weighted by Crippen LogP contribution is -2.50. The first-order valence-corrected chi connectivity index (χ1v) is 10.0. The predicted octanol–water partition coefficient (Wildman–Crippen LogP) is 2.73. The fourth-order valence-corrected chi connectivity index (χ4v) is 3.46. The number of aliphatic imine (C=N–C) groups is 1. The summed E-state index contributed by atoms with van der Waals surface area (Å²) in [5, 5.41) is 6.88. The van der Waals surface area contributed by atoms with Gasteiger partial charge in [0.05, 0.1) is 27.4 Å². The molecule has 0 aliphatic carbocycles. The van der Waals surface area contributed by atoms with E-state index < -0.39 is 0 Å². The van der Waals surface area contributed by atoms with E-state index in [0.29, 0.717) is 18.5 Å². The molecule has 7 nitrogen and oxygen atoms in total. The van der Waals surface area contributed by atoms with Crippen LogP contribution in [0.15, 0.2) is 23.2 Å². The van der Waals surface area contributed by atoms with E-state index >= 15 is 0 Å². The SMILES string of the molecule is CN=C(NCc1ccc(OC)cc1OC)NCC(CC(C)C)N1CCOCC1.I. The summed E-state index contributed by atoms with van der Waals surface area (Å²) < 4.78 is 16.2. The van der Waals surface area contributed by atoms with E-state index in [2.05, 4.69) is 34.4 Å².